The van der Waals surface area contributed by atoms with E-state index in [9.17, 15) is 22.0 Å². The van der Waals surface area contributed by atoms with Gasteiger partial charge in [-0.3, -0.25) is 9.30 Å². The quantitative estimate of drug-likeness (QED) is 0.400. The predicted molar refractivity (Wildman–Crippen MR) is 113 cm³/mol. The Morgan fingerprint density at radius 3 is 2.55 bits per heavy atom. The summed E-state index contributed by atoms with van der Waals surface area (Å²) in [4.78, 5) is 14.2. The summed E-state index contributed by atoms with van der Waals surface area (Å²) in [6, 6.07) is 10.6. The fourth-order valence-corrected chi connectivity index (χ4v) is 4.07. The van der Waals surface area contributed by atoms with Crippen molar-refractivity contribution in [3.63, 3.8) is 0 Å². The summed E-state index contributed by atoms with van der Waals surface area (Å²) in [6.07, 6.45) is -1.44. The van der Waals surface area contributed by atoms with Crippen LogP contribution in [0.2, 0.25) is 0 Å². The number of hydrogen-bond donors (Lipinski definition) is 1. The number of likely N-dealkylation sites (tertiary alicyclic amines) is 1. The molecule has 1 aromatic carbocycles. The van der Waals surface area contributed by atoms with Gasteiger partial charge >= 0.3 is 6.18 Å². The predicted octanol–water partition coefficient (Wildman–Crippen LogP) is 5.64. The number of benzene rings is 1. The second kappa shape index (κ2) is 7.95. The highest BCUT2D eigenvalue weighted by atomic mass is 19.4. The van der Waals surface area contributed by atoms with Crippen molar-refractivity contribution in [3.05, 3.63) is 66.1 Å². The molecular weight excluding hydrogens is 441 g/mol. The standard InChI is InChI=1S/C23H20F5N5/c24-22(25)7-10-32(11-8-22)14-18-19-6-1-2-9-33(19)21(31-18)20-29-13-17(30-20)15-4-3-5-16(12-15)23(26,27)28/h1-6,9,12-13H,7-8,10-11,14H2,(H,29,30). The number of hydrogen-bond acceptors (Lipinski definition) is 3. The Kier molecular flexibility index (Phi) is 5.19. The van der Waals surface area contributed by atoms with E-state index in [0.29, 0.717) is 29.5 Å². The maximum absolute atomic E-state index is 13.5. The molecule has 172 valence electrons. The van der Waals surface area contributed by atoms with Crippen molar-refractivity contribution in [3.8, 4) is 22.9 Å². The summed E-state index contributed by atoms with van der Waals surface area (Å²) in [5.74, 6) is -1.72. The first-order chi connectivity index (χ1) is 15.7. The van der Waals surface area contributed by atoms with Crippen LogP contribution in [-0.4, -0.2) is 43.3 Å². The van der Waals surface area contributed by atoms with E-state index >= 15 is 0 Å². The van der Waals surface area contributed by atoms with Crippen LogP contribution in [0.25, 0.3) is 28.4 Å². The SMILES string of the molecule is FC1(F)CCN(Cc2nc(-c3nc(-c4cccc(C(F)(F)F)c4)c[nH]3)n3ccccc23)CC1. The molecule has 0 unspecified atom stereocenters. The molecule has 10 heteroatoms. The Balaban J connectivity index is 1.46. The van der Waals surface area contributed by atoms with E-state index in [1.54, 1.807) is 12.3 Å². The number of aromatic nitrogens is 4. The summed E-state index contributed by atoms with van der Waals surface area (Å²) in [5.41, 5.74) is 1.51. The lowest BCUT2D eigenvalue weighted by atomic mass is 10.1. The number of rotatable bonds is 4. The summed E-state index contributed by atoms with van der Waals surface area (Å²) >= 11 is 0. The molecule has 4 aromatic rings. The van der Waals surface area contributed by atoms with Crippen molar-refractivity contribution in [2.45, 2.75) is 31.5 Å². The van der Waals surface area contributed by atoms with Crippen LogP contribution in [0.5, 0.6) is 0 Å². The van der Waals surface area contributed by atoms with Crippen LogP contribution in [0, 0.1) is 0 Å². The minimum absolute atomic E-state index is 0.176. The molecular formula is C23H20F5N5. The first-order valence-corrected chi connectivity index (χ1v) is 10.5. The van der Waals surface area contributed by atoms with Crippen LogP contribution >= 0.6 is 0 Å². The van der Waals surface area contributed by atoms with E-state index in [1.165, 1.54) is 6.07 Å². The van der Waals surface area contributed by atoms with Crippen molar-refractivity contribution in [1.29, 1.82) is 0 Å². The zero-order valence-corrected chi connectivity index (χ0v) is 17.4. The van der Waals surface area contributed by atoms with Crippen molar-refractivity contribution in [2.24, 2.45) is 0 Å². The van der Waals surface area contributed by atoms with Gasteiger partial charge in [-0.05, 0) is 24.3 Å². The van der Waals surface area contributed by atoms with Crippen LogP contribution in [0.1, 0.15) is 24.1 Å². The molecule has 3 aromatic heterocycles. The summed E-state index contributed by atoms with van der Waals surface area (Å²) < 4.78 is 68.1. The zero-order valence-electron chi connectivity index (χ0n) is 17.4. The molecule has 1 N–H and O–H groups in total. The lowest BCUT2D eigenvalue weighted by molar-refractivity contribution is -0.137. The van der Waals surface area contributed by atoms with Crippen molar-refractivity contribution < 1.29 is 22.0 Å². The molecule has 0 amide bonds. The number of nitrogens with zero attached hydrogens (tertiary/aromatic N) is 4. The van der Waals surface area contributed by atoms with Crippen LogP contribution in [0.15, 0.2) is 54.9 Å². The molecule has 0 aliphatic carbocycles. The smallest absolute Gasteiger partial charge is 0.341 e. The molecule has 5 rings (SSSR count). The van der Waals surface area contributed by atoms with E-state index in [1.807, 2.05) is 33.7 Å². The highest BCUT2D eigenvalue weighted by Gasteiger charge is 2.34. The number of H-pyrrole nitrogens is 1. The molecule has 33 heavy (non-hydrogen) atoms. The van der Waals surface area contributed by atoms with Gasteiger partial charge in [-0.2, -0.15) is 13.2 Å². The van der Waals surface area contributed by atoms with Gasteiger partial charge in [0.2, 0.25) is 0 Å². The Morgan fingerprint density at radius 1 is 1.00 bits per heavy atom. The van der Waals surface area contributed by atoms with Crippen LogP contribution in [0.3, 0.4) is 0 Å². The Bertz CT molecular complexity index is 1280. The second-order valence-corrected chi connectivity index (χ2v) is 8.18. The fourth-order valence-electron chi connectivity index (χ4n) is 4.07. The average molecular weight is 461 g/mol. The van der Waals surface area contributed by atoms with Crippen molar-refractivity contribution in [2.75, 3.05) is 13.1 Å². The molecule has 1 aliphatic rings. The van der Waals surface area contributed by atoms with Crippen molar-refractivity contribution >= 4 is 5.52 Å². The van der Waals surface area contributed by atoms with Gasteiger partial charge in [-0.25, -0.2) is 18.7 Å². The van der Waals surface area contributed by atoms with Gasteiger partial charge in [0.15, 0.2) is 11.6 Å². The van der Waals surface area contributed by atoms with Gasteiger partial charge in [-0.1, -0.05) is 18.2 Å². The topological polar surface area (TPSA) is 49.2 Å². The van der Waals surface area contributed by atoms with E-state index in [4.69, 9.17) is 4.98 Å². The molecule has 0 atom stereocenters. The summed E-state index contributed by atoms with van der Waals surface area (Å²) in [5, 5.41) is 0. The van der Waals surface area contributed by atoms with Gasteiger partial charge in [0.05, 0.1) is 22.5 Å². The molecule has 0 bridgehead atoms. The number of aromatic amines is 1. The van der Waals surface area contributed by atoms with Crippen LogP contribution in [-0.2, 0) is 12.7 Å². The summed E-state index contributed by atoms with van der Waals surface area (Å²) in [7, 11) is 0. The molecule has 1 saturated heterocycles. The Hall–Kier alpha value is -3.27. The number of fused-ring (bicyclic) bond motifs is 1. The van der Waals surface area contributed by atoms with Gasteiger partial charge in [-0.15, -0.1) is 0 Å². The molecule has 1 fully saturated rings. The zero-order chi connectivity index (χ0) is 23.2. The Labute approximate surface area is 185 Å². The molecule has 4 heterocycles. The molecule has 0 spiro atoms. The van der Waals surface area contributed by atoms with Gasteiger partial charge < -0.3 is 4.98 Å². The largest absolute Gasteiger partial charge is 0.416 e. The van der Waals surface area contributed by atoms with Crippen molar-refractivity contribution in [1.82, 2.24) is 24.3 Å². The normalized spacial score (nSPS) is 17.0. The molecule has 0 saturated carbocycles. The first-order valence-electron chi connectivity index (χ1n) is 10.5. The first kappa shape index (κ1) is 21.6. The maximum Gasteiger partial charge on any atom is 0.416 e. The van der Waals surface area contributed by atoms with E-state index in [2.05, 4.69) is 9.97 Å². The lowest BCUT2D eigenvalue weighted by Gasteiger charge is -2.31. The van der Waals surface area contributed by atoms with E-state index in [-0.39, 0.29) is 25.9 Å². The lowest BCUT2D eigenvalue weighted by Crippen LogP contribution is -2.38. The van der Waals surface area contributed by atoms with Gasteiger partial charge in [0, 0.05) is 50.4 Å². The number of halogens is 5. The minimum atomic E-state index is -4.44. The number of pyridine rings is 1. The minimum Gasteiger partial charge on any atom is -0.341 e. The highest BCUT2D eigenvalue weighted by Crippen LogP contribution is 2.33. The fraction of sp³-hybridized carbons (Fsp3) is 0.304. The van der Waals surface area contributed by atoms with Gasteiger partial charge in [0.25, 0.3) is 5.92 Å². The number of alkyl halides is 5. The maximum atomic E-state index is 13.5. The van der Waals surface area contributed by atoms with Crippen LogP contribution < -0.4 is 0 Å². The van der Waals surface area contributed by atoms with Crippen LogP contribution in [0.4, 0.5) is 22.0 Å². The third-order valence-corrected chi connectivity index (χ3v) is 5.86. The Morgan fingerprint density at radius 2 is 1.79 bits per heavy atom. The highest BCUT2D eigenvalue weighted by molar-refractivity contribution is 5.66. The van der Waals surface area contributed by atoms with Gasteiger partial charge in [0.1, 0.15) is 0 Å². The number of nitrogens with one attached hydrogen (secondary N) is 1. The van der Waals surface area contributed by atoms with E-state index in [0.717, 1.165) is 23.3 Å². The third kappa shape index (κ3) is 4.35. The molecule has 0 radical (unpaired) electrons. The monoisotopic (exact) mass is 461 g/mol. The number of imidazole rings is 2. The molecule has 1 aliphatic heterocycles. The van der Waals surface area contributed by atoms with E-state index < -0.39 is 17.7 Å². The third-order valence-electron chi connectivity index (χ3n) is 5.86. The number of piperidine rings is 1. The average Bonchev–Trinajstić information content (AvgIpc) is 3.40. The molecule has 5 nitrogen and oxygen atoms in total. The second-order valence-electron chi connectivity index (χ2n) is 8.18. The summed E-state index contributed by atoms with van der Waals surface area (Å²) in [6.45, 7) is 0.994.